The third-order valence-electron chi connectivity index (χ3n) is 10.4. The van der Waals surface area contributed by atoms with Crippen molar-refractivity contribution in [1.82, 2.24) is 26.2 Å². The Kier molecular flexibility index (Phi) is 23.9. The summed E-state index contributed by atoms with van der Waals surface area (Å²) in [6.45, 7) is 11.1. The third kappa shape index (κ3) is 19.6. The van der Waals surface area contributed by atoms with E-state index in [4.69, 9.17) is 24.7 Å². The lowest BCUT2D eigenvalue weighted by Gasteiger charge is -2.41. The SMILES string of the molecule is CCCCC[C@H](NC(=O)CCCCOC1OC(CO)C[C@H](O)[C@@H]1N)C(=O)NCCCCCC(=O)NCCOC(C)(OCCNC(=O)CCN1C(=O)C=CC1=O)C(C)(C)C. The molecule has 0 aliphatic carbocycles. The number of imide groups is 1. The van der Waals surface area contributed by atoms with Crippen LogP contribution >= 0.6 is 0 Å². The van der Waals surface area contributed by atoms with Crippen LogP contribution in [0.25, 0.3) is 0 Å². The predicted octanol–water partition coefficient (Wildman–Crippen LogP) is 1.05. The van der Waals surface area contributed by atoms with Crippen LogP contribution in [0.4, 0.5) is 0 Å². The fourth-order valence-corrected chi connectivity index (χ4v) is 6.24. The molecular formula is C41H72N6O12. The number of aliphatic hydroxyl groups is 2. The quantitative estimate of drug-likeness (QED) is 0.0304. The van der Waals surface area contributed by atoms with Gasteiger partial charge in [0.15, 0.2) is 12.1 Å². The molecule has 0 aromatic heterocycles. The number of unbranched alkanes of at least 4 members (excludes halogenated alkanes) is 5. The minimum atomic E-state index is -1.01. The number of hydrogen-bond donors (Lipinski definition) is 7. The van der Waals surface area contributed by atoms with Crippen LogP contribution in [0.3, 0.4) is 0 Å². The third-order valence-corrected chi connectivity index (χ3v) is 10.4. The van der Waals surface area contributed by atoms with Gasteiger partial charge in [0.25, 0.3) is 11.8 Å². The largest absolute Gasteiger partial charge is 0.394 e. The van der Waals surface area contributed by atoms with Crippen LogP contribution in [0, 0.1) is 5.41 Å². The van der Waals surface area contributed by atoms with E-state index in [0.717, 1.165) is 30.6 Å². The Hall–Kier alpha value is -3.52. The van der Waals surface area contributed by atoms with E-state index < -0.39 is 53.6 Å². The molecule has 2 aliphatic rings. The van der Waals surface area contributed by atoms with E-state index in [0.29, 0.717) is 45.1 Å². The molecule has 18 heteroatoms. The first-order chi connectivity index (χ1) is 28.0. The summed E-state index contributed by atoms with van der Waals surface area (Å²) in [5, 5.41) is 30.8. The van der Waals surface area contributed by atoms with Gasteiger partial charge in [-0.2, -0.15) is 0 Å². The van der Waals surface area contributed by atoms with E-state index >= 15 is 0 Å². The van der Waals surface area contributed by atoms with Crippen LogP contribution in [0.1, 0.15) is 118 Å². The lowest BCUT2D eigenvalue weighted by Crippen LogP contribution is -2.55. The maximum atomic E-state index is 13.0. The highest BCUT2D eigenvalue weighted by Crippen LogP contribution is 2.34. The molecule has 2 aliphatic heterocycles. The second-order valence-electron chi connectivity index (χ2n) is 16.2. The highest BCUT2D eigenvalue weighted by Gasteiger charge is 2.40. The molecule has 59 heavy (non-hydrogen) atoms. The molecule has 6 amide bonds. The smallest absolute Gasteiger partial charge is 0.253 e. The Morgan fingerprint density at radius 3 is 2.05 bits per heavy atom. The Morgan fingerprint density at radius 2 is 1.44 bits per heavy atom. The summed E-state index contributed by atoms with van der Waals surface area (Å²) in [5.41, 5.74) is 5.53. The number of carbonyl (C=O) groups is 6. The summed E-state index contributed by atoms with van der Waals surface area (Å²) in [6, 6.07) is -1.35. The molecule has 0 spiro atoms. The first-order valence-corrected chi connectivity index (χ1v) is 21.2. The molecule has 18 nitrogen and oxygen atoms in total. The molecule has 0 saturated carbocycles. The van der Waals surface area contributed by atoms with Crippen LogP contribution in [0.2, 0.25) is 0 Å². The minimum Gasteiger partial charge on any atom is -0.394 e. The fraction of sp³-hybridized carbons (Fsp3) is 0.805. The molecule has 0 aromatic carbocycles. The number of ether oxygens (including phenoxy) is 4. The zero-order valence-corrected chi connectivity index (χ0v) is 35.9. The highest BCUT2D eigenvalue weighted by atomic mass is 16.7. The van der Waals surface area contributed by atoms with Crippen molar-refractivity contribution in [3.8, 4) is 0 Å². The van der Waals surface area contributed by atoms with Gasteiger partial charge in [0.05, 0.1) is 38.1 Å². The van der Waals surface area contributed by atoms with Gasteiger partial charge in [-0.1, -0.05) is 53.4 Å². The number of nitrogens with two attached hydrogens (primary N) is 1. The first kappa shape index (κ1) is 51.6. The molecule has 338 valence electrons. The first-order valence-electron chi connectivity index (χ1n) is 21.2. The van der Waals surface area contributed by atoms with Crippen molar-refractivity contribution in [2.75, 3.05) is 52.6 Å². The predicted molar refractivity (Wildman–Crippen MR) is 218 cm³/mol. The summed E-state index contributed by atoms with van der Waals surface area (Å²) >= 11 is 0. The van der Waals surface area contributed by atoms with Crippen LogP contribution < -0.4 is 27.0 Å². The van der Waals surface area contributed by atoms with E-state index in [9.17, 15) is 39.0 Å². The highest BCUT2D eigenvalue weighted by molar-refractivity contribution is 6.13. The molecule has 8 N–H and O–H groups in total. The van der Waals surface area contributed by atoms with Crippen LogP contribution in [0.15, 0.2) is 12.2 Å². The number of rotatable bonds is 30. The molecule has 0 aromatic rings. The van der Waals surface area contributed by atoms with Gasteiger partial charge in [-0.3, -0.25) is 33.7 Å². The van der Waals surface area contributed by atoms with E-state index in [1.165, 1.54) is 12.2 Å². The van der Waals surface area contributed by atoms with Crippen molar-refractivity contribution in [2.24, 2.45) is 11.1 Å². The lowest BCUT2D eigenvalue weighted by atomic mass is 9.86. The van der Waals surface area contributed by atoms with E-state index in [-0.39, 0.29) is 89.0 Å². The van der Waals surface area contributed by atoms with Gasteiger partial charge in [0, 0.05) is 76.0 Å². The van der Waals surface area contributed by atoms with E-state index in [1.807, 2.05) is 27.7 Å². The molecule has 0 bridgehead atoms. The minimum absolute atomic E-state index is 0.00439. The summed E-state index contributed by atoms with van der Waals surface area (Å²) in [7, 11) is 0. The number of aliphatic hydroxyl groups excluding tert-OH is 2. The number of carbonyl (C=O) groups excluding carboxylic acids is 6. The van der Waals surface area contributed by atoms with Crippen molar-refractivity contribution >= 4 is 35.4 Å². The monoisotopic (exact) mass is 841 g/mol. The maximum Gasteiger partial charge on any atom is 0.253 e. The average molecular weight is 841 g/mol. The summed E-state index contributed by atoms with van der Waals surface area (Å²) < 4.78 is 23.4. The Morgan fingerprint density at radius 1 is 0.831 bits per heavy atom. The van der Waals surface area contributed by atoms with Gasteiger partial charge in [0.1, 0.15) is 6.04 Å². The van der Waals surface area contributed by atoms with Gasteiger partial charge in [0.2, 0.25) is 23.6 Å². The molecular weight excluding hydrogens is 768 g/mol. The second-order valence-corrected chi connectivity index (χ2v) is 16.2. The molecule has 6 atom stereocenters. The van der Waals surface area contributed by atoms with Crippen LogP contribution in [-0.4, -0.2) is 140 Å². The molecule has 2 heterocycles. The summed E-state index contributed by atoms with van der Waals surface area (Å²) in [5.74, 6) is -2.75. The van der Waals surface area contributed by atoms with Crippen LogP contribution in [-0.2, 0) is 47.7 Å². The molecule has 1 fully saturated rings. The Balaban J connectivity index is 1.60. The number of nitrogens with zero attached hydrogens (tertiary/aromatic N) is 1. The van der Waals surface area contributed by atoms with Crippen molar-refractivity contribution in [3.05, 3.63) is 12.2 Å². The van der Waals surface area contributed by atoms with Crippen molar-refractivity contribution in [2.45, 2.75) is 154 Å². The Labute approximate surface area is 349 Å². The second kappa shape index (κ2) is 27.3. The standard InChI is InChI=1S/C41H72N6O12/c1-6-7-9-14-30(46-34(52)16-11-13-24-56-39-37(42)31(49)27-29(28-48)59-39)38(55)45-20-12-8-10-15-32(50)43-21-25-57-41(5,40(2,3)4)58-26-22-44-33(51)19-23-47-35(53)17-18-36(47)54/h17-18,29-31,37,39,48-49H,6-16,19-28,42H2,1-5H3,(H,43,50)(H,44,51)(H,45,55)(H,46,52)/t29?,30-,31-,37-,39?,41?/m0/s1. The normalized spacial score (nSPS) is 20.9. The number of nitrogens with one attached hydrogen (secondary N) is 4. The van der Waals surface area contributed by atoms with Crippen molar-refractivity contribution in [1.29, 1.82) is 0 Å². The van der Waals surface area contributed by atoms with Gasteiger partial charge in [-0.15, -0.1) is 0 Å². The van der Waals surface area contributed by atoms with Crippen molar-refractivity contribution in [3.63, 3.8) is 0 Å². The topological polar surface area (TPSA) is 257 Å². The number of hydrogen-bond acceptors (Lipinski definition) is 13. The van der Waals surface area contributed by atoms with Crippen molar-refractivity contribution < 1.29 is 57.9 Å². The fourth-order valence-electron chi connectivity index (χ4n) is 6.24. The van der Waals surface area contributed by atoms with Gasteiger partial charge < -0.3 is 56.2 Å². The molecule has 3 unspecified atom stereocenters. The number of amides is 6. The van der Waals surface area contributed by atoms with Crippen LogP contribution in [0.5, 0.6) is 0 Å². The molecule has 1 saturated heterocycles. The summed E-state index contributed by atoms with van der Waals surface area (Å²) in [6.07, 6.45) is 7.31. The average Bonchev–Trinajstić information content (AvgIpc) is 3.51. The zero-order valence-electron chi connectivity index (χ0n) is 35.9. The maximum absolute atomic E-state index is 13.0. The zero-order chi connectivity index (χ0) is 43.8. The van der Waals surface area contributed by atoms with Gasteiger partial charge >= 0.3 is 0 Å². The lowest BCUT2D eigenvalue weighted by molar-refractivity contribution is -0.276. The molecule has 2 rings (SSSR count). The Bertz CT molecular complexity index is 1340. The van der Waals surface area contributed by atoms with E-state index in [2.05, 4.69) is 28.2 Å². The van der Waals surface area contributed by atoms with E-state index in [1.54, 1.807) is 0 Å². The molecule has 0 radical (unpaired) electrons. The summed E-state index contributed by atoms with van der Waals surface area (Å²) in [4.78, 5) is 74.7. The van der Waals surface area contributed by atoms with Gasteiger partial charge in [-0.05, 0) is 39.0 Å². The van der Waals surface area contributed by atoms with Gasteiger partial charge in [-0.25, -0.2) is 0 Å².